The second-order valence-corrected chi connectivity index (χ2v) is 6.73. The highest BCUT2D eigenvalue weighted by molar-refractivity contribution is 5.72. The summed E-state index contributed by atoms with van der Waals surface area (Å²) in [5, 5.41) is 8.46. The summed E-state index contributed by atoms with van der Waals surface area (Å²) in [6.45, 7) is 2.22. The molecule has 0 aromatic heterocycles. The predicted molar refractivity (Wildman–Crippen MR) is 82.4 cm³/mol. The van der Waals surface area contributed by atoms with Crippen LogP contribution < -0.4 is 0 Å². The van der Waals surface area contributed by atoms with Crippen LogP contribution in [0.2, 0.25) is 0 Å². The fourth-order valence-electron chi connectivity index (χ4n) is 3.68. The van der Waals surface area contributed by atoms with Crippen molar-refractivity contribution in [2.75, 3.05) is 0 Å². The Morgan fingerprint density at radius 1 is 1.18 bits per heavy atom. The molecule has 0 unspecified atom stereocenters. The van der Waals surface area contributed by atoms with Gasteiger partial charge in [0.15, 0.2) is 5.83 Å². The van der Waals surface area contributed by atoms with E-state index < -0.39 is 5.83 Å². The Morgan fingerprint density at radius 3 is 2.36 bits per heavy atom. The normalized spacial score (nSPS) is 33.0. The minimum absolute atomic E-state index is 0.0429. The summed E-state index contributed by atoms with van der Waals surface area (Å²) in [7, 11) is 0. The minimum atomic E-state index is -0.710. The van der Waals surface area contributed by atoms with E-state index in [9.17, 15) is 9.18 Å². The number of hydrogen-bond donors (Lipinski definition) is 0. The van der Waals surface area contributed by atoms with Crippen molar-refractivity contribution in [2.45, 2.75) is 70.8 Å². The Bertz CT molecular complexity index is 438. The van der Waals surface area contributed by atoms with Crippen LogP contribution in [-0.4, -0.2) is 12.1 Å². The average Bonchev–Trinajstić information content (AvgIpc) is 2.56. The third-order valence-corrected chi connectivity index (χ3v) is 5.25. The highest BCUT2D eigenvalue weighted by atomic mass is 19.1. The maximum atomic E-state index is 13.0. The molecule has 0 saturated heterocycles. The zero-order chi connectivity index (χ0) is 15.9. The second kappa shape index (κ2) is 8.31. The van der Waals surface area contributed by atoms with Crippen LogP contribution in [0.3, 0.4) is 0 Å². The quantitative estimate of drug-likeness (QED) is 0.559. The first-order valence-corrected chi connectivity index (χ1v) is 8.60. The number of nitrogens with zero attached hydrogens (tertiary/aromatic N) is 1. The van der Waals surface area contributed by atoms with Crippen LogP contribution >= 0.6 is 0 Å². The first kappa shape index (κ1) is 17.0. The van der Waals surface area contributed by atoms with Gasteiger partial charge in [0.25, 0.3) is 0 Å². The van der Waals surface area contributed by atoms with Crippen LogP contribution in [0.1, 0.15) is 64.7 Å². The van der Waals surface area contributed by atoms with Gasteiger partial charge in [-0.1, -0.05) is 13.3 Å². The van der Waals surface area contributed by atoms with E-state index in [-0.39, 0.29) is 23.9 Å². The minimum Gasteiger partial charge on any atom is -0.462 e. The molecule has 2 fully saturated rings. The van der Waals surface area contributed by atoms with Crippen molar-refractivity contribution < 1.29 is 13.9 Å². The third-order valence-electron chi connectivity index (χ3n) is 5.25. The summed E-state index contributed by atoms with van der Waals surface area (Å²) in [4.78, 5) is 12.2. The molecular formula is C18H26FNO2. The lowest BCUT2D eigenvalue weighted by Crippen LogP contribution is -2.29. The van der Waals surface area contributed by atoms with Gasteiger partial charge in [0.2, 0.25) is 0 Å². The zero-order valence-electron chi connectivity index (χ0n) is 13.4. The first-order valence-electron chi connectivity index (χ1n) is 8.60. The molecule has 0 aliphatic heterocycles. The van der Waals surface area contributed by atoms with Crippen molar-refractivity contribution in [3.8, 4) is 6.07 Å². The number of hydrogen-bond acceptors (Lipinski definition) is 3. The van der Waals surface area contributed by atoms with Crippen LogP contribution in [0, 0.1) is 29.1 Å². The summed E-state index contributed by atoms with van der Waals surface area (Å²) >= 11 is 0. The molecule has 0 aromatic rings. The summed E-state index contributed by atoms with van der Waals surface area (Å²) in [5.74, 6) is 0.0661. The Kier molecular flexibility index (Phi) is 6.42. The lowest BCUT2D eigenvalue weighted by Gasteiger charge is -2.30. The molecule has 0 radical (unpaired) electrons. The number of esters is 1. The molecule has 2 aliphatic carbocycles. The van der Waals surface area contributed by atoms with Crippen LogP contribution in [0.5, 0.6) is 0 Å². The summed E-state index contributed by atoms with van der Waals surface area (Å²) in [5.41, 5.74) is 0. The van der Waals surface area contributed by atoms with Crippen molar-refractivity contribution in [3.05, 3.63) is 11.9 Å². The molecule has 0 bridgehead atoms. The number of allylic oxidation sites excluding steroid dienone is 2. The van der Waals surface area contributed by atoms with E-state index in [0.717, 1.165) is 44.4 Å². The SMILES string of the molecule is CC[C@H]1CC[C@H](OC(=O)[C@H]2CC[C@H](C=C(F)C#N)CC2)CC1. The number of halogens is 1. The first-order chi connectivity index (χ1) is 10.6. The van der Waals surface area contributed by atoms with Crippen LogP contribution in [0.15, 0.2) is 11.9 Å². The zero-order valence-corrected chi connectivity index (χ0v) is 13.4. The van der Waals surface area contributed by atoms with Gasteiger partial charge in [-0.3, -0.25) is 4.79 Å². The molecule has 3 nitrogen and oxygen atoms in total. The fourth-order valence-corrected chi connectivity index (χ4v) is 3.68. The third kappa shape index (κ3) is 4.83. The Balaban J connectivity index is 1.73. The van der Waals surface area contributed by atoms with Gasteiger partial charge in [0.05, 0.1) is 5.92 Å². The molecule has 0 spiro atoms. The summed E-state index contributed by atoms with van der Waals surface area (Å²) in [6, 6.07) is 1.51. The Morgan fingerprint density at radius 2 is 1.82 bits per heavy atom. The van der Waals surface area contributed by atoms with Crippen molar-refractivity contribution in [3.63, 3.8) is 0 Å². The van der Waals surface area contributed by atoms with E-state index >= 15 is 0 Å². The number of rotatable bonds is 4. The lowest BCUT2D eigenvalue weighted by molar-refractivity contribution is -0.157. The van der Waals surface area contributed by atoms with Gasteiger partial charge in [-0.2, -0.15) is 9.65 Å². The molecular weight excluding hydrogens is 281 g/mol. The highest BCUT2D eigenvalue weighted by Gasteiger charge is 2.30. The van der Waals surface area contributed by atoms with E-state index in [4.69, 9.17) is 10.00 Å². The van der Waals surface area contributed by atoms with Crippen molar-refractivity contribution in [1.82, 2.24) is 0 Å². The molecule has 0 N–H and O–H groups in total. The van der Waals surface area contributed by atoms with E-state index in [2.05, 4.69) is 6.92 Å². The van der Waals surface area contributed by atoms with Crippen molar-refractivity contribution >= 4 is 5.97 Å². The molecule has 0 heterocycles. The monoisotopic (exact) mass is 307 g/mol. The van der Waals surface area contributed by atoms with Gasteiger partial charge in [-0.05, 0) is 69.3 Å². The molecule has 0 atom stereocenters. The van der Waals surface area contributed by atoms with E-state index in [1.54, 1.807) is 0 Å². The largest absolute Gasteiger partial charge is 0.462 e. The van der Waals surface area contributed by atoms with Crippen molar-refractivity contribution in [1.29, 1.82) is 5.26 Å². The van der Waals surface area contributed by atoms with Gasteiger partial charge in [0.1, 0.15) is 12.2 Å². The van der Waals surface area contributed by atoms with Crippen LogP contribution in [0.4, 0.5) is 4.39 Å². The highest BCUT2D eigenvalue weighted by Crippen LogP contribution is 2.33. The maximum absolute atomic E-state index is 13.0. The van der Waals surface area contributed by atoms with Gasteiger partial charge < -0.3 is 4.74 Å². The van der Waals surface area contributed by atoms with Gasteiger partial charge in [-0.15, -0.1) is 0 Å². The molecule has 122 valence electrons. The van der Waals surface area contributed by atoms with Gasteiger partial charge in [0, 0.05) is 0 Å². The van der Waals surface area contributed by atoms with Crippen LogP contribution in [-0.2, 0) is 9.53 Å². The topological polar surface area (TPSA) is 50.1 Å². The van der Waals surface area contributed by atoms with E-state index in [1.165, 1.54) is 31.4 Å². The Hall–Kier alpha value is -1.37. The van der Waals surface area contributed by atoms with Gasteiger partial charge in [-0.25, -0.2) is 0 Å². The molecule has 2 saturated carbocycles. The summed E-state index contributed by atoms with van der Waals surface area (Å²) in [6.07, 6.45) is 10.0. The molecule has 0 aromatic carbocycles. The maximum Gasteiger partial charge on any atom is 0.309 e. The average molecular weight is 307 g/mol. The Labute approximate surface area is 132 Å². The predicted octanol–water partition coefficient (Wildman–Crippen LogP) is 4.68. The van der Waals surface area contributed by atoms with Crippen LogP contribution in [0.25, 0.3) is 0 Å². The standard InChI is InChI=1S/C18H26FNO2/c1-2-13-5-9-17(10-6-13)22-18(21)15-7-3-14(4-8-15)11-16(19)12-20/h11,13-15,17H,2-10H2,1H3/t13-,14-,15-,17-. The number of carbonyl (C=O) groups excluding carboxylic acids is 1. The fraction of sp³-hybridized carbons (Fsp3) is 0.778. The van der Waals surface area contributed by atoms with Gasteiger partial charge >= 0.3 is 5.97 Å². The molecule has 2 aliphatic rings. The van der Waals surface area contributed by atoms with Crippen molar-refractivity contribution in [2.24, 2.45) is 17.8 Å². The smallest absolute Gasteiger partial charge is 0.309 e. The number of nitriles is 1. The van der Waals surface area contributed by atoms with E-state index in [0.29, 0.717) is 0 Å². The molecule has 0 amide bonds. The lowest BCUT2D eigenvalue weighted by atomic mass is 9.81. The number of carbonyl (C=O) groups is 1. The number of ether oxygens (including phenoxy) is 1. The second-order valence-electron chi connectivity index (χ2n) is 6.73. The van der Waals surface area contributed by atoms with E-state index in [1.807, 2.05) is 0 Å². The molecule has 2 rings (SSSR count). The summed E-state index contributed by atoms with van der Waals surface area (Å²) < 4.78 is 18.6. The molecule has 22 heavy (non-hydrogen) atoms. The molecule has 4 heteroatoms.